The third-order valence-corrected chi connectivity index (χ3v) is 8.12. The van der Waals surface area contributed by atoms with E-state index in [9.17, 15) is 18.8 Å². The molecule has 0 spiro atoms. The van der Waals surface area contributed by atoms with Crippen molar-refractivity contribution < 1.29 is 50.6 Å². The second kappa shape index (κ2) is 6.94. The molecule has 7 atom stereocenters. The minimum absolute atomic E-state index is 0.0840. The molecule has 2 fully saturated rings. The van der Waals surface area contributed by atoms with E-state index in [4.69, 9.17) is 14.2 Å². The summed E-state index contributed by atoms with van der Waals surface area (Å²) in [5.74, 6) is 0. The van der Waals surface area contributed by atoms with E-state index < -0.39 is 41.5 Å². The summed E-state index contributed by atoms with van der Waals surface area (Å²) in [6.45, 7) is 1.57. The molecule has 0 aromatic rings. The van der Waals surface area contributed by atoms with Crippen LogP contribution in [0.3, 0.4) is 0 Å². The lowest BCUT2D eigenvalue weighted by Crippen LogP contribution is -2.18. The van der Waals surface area contributed by atoms with Crippen molar-refractivity contribution in [3.8, 4) is 0 Å². The number of phosphoric acid groups is 2. The van der Waals surface area contributed by atoms with Gasteiger partial charge in [0.2, 0.25) is 0 Å². The van der Waals surface area contributed by atoms with Crippen molar-refractivity contribution in [2.45, 2.75) is 31.7 Å². The molecule has 2 rings (SSSR count). The van der Waals surface area contributed by atoms with E-state index in [-0.39, 0.29) is 12.7 Å². The van der Waals surface area contributed by atoms with Crippen molar-refractivity contribution in [1.29, 1.82) is 0 Å². The molecule has 1 saturated carbocycles. The normalized spacial score (nSPS) is 39.3. The maximum Gasteiger partial charge on any atom is 0.482 e. The molecule has 0 radical (unpaired) electrons. The first-order valence-electron chi connectivity index (χ1n) is 6.53. The lowest BCUT2D eigenvalue weighted by atomic mass is 10.0. The van der Waals surface area contributed by atoms with Gasteiger partial charge in [0.1, 0.15) is 6.10 Å². The Morgan fingerprint density at radius 1 is 1.30 bits per heavy atom. The van der Waals surface area contributed by atoms with Crippen LogP contribution in [-0.2, 0) is 40.6 Å². The highest BCUT2D eigenvalue weighted by Crippen LogP contribution is 2.68. The van der Waals surface area contributed by atoms with Gasteiger partial charge in [-0.25, -0.2) is 17.8 Å². The van der Waals surface area contributed by atoms with Gasteiger partial charge < -0.3 is 14.7 Å². The van der Waals surface area contributed by atoms with E-state index in [1.165, 1.54) is 0 Å². The van der Waals surface area contributed by atoms with Gasteiger partial charge in [0, 0.05) is 14.2 Å². The highest BCUT2D eigenvalue weighted by Gasteiger charge is 2.73. The zero-order valence-corrected chi connectivity index (χ0v) is 15.4. The number of phosphoric ester groups is 2. The number of fused-ring (bicyclic) bond motifs is 1. The number of aliphatic hydroxyl groups is 1. The minimum Gasteiger partial charge on any atom is -0.396 e. The minimum atomic E-state index is -4.58. The van der Waals surface area contributed by atoms with Crippen LogP contribution in [0.15, 0.2) is 0 Å². The molecule has 0 aromatic carbocycles. The lowest BCUT2D eigenvalue weighted by molar-refractivity contribution is 0.0360. The quantitative estimate of drug-likeness (QED) is 0.546. The number of rotatable bonds is 9. The van der Waals surface area contributed by atoms with Crippen molar-refractivity contribution >= 4 is 23.9 Å². The van der Waals surface area contributed by atoms with Crippen molar-refractivity contribution in [2.24, 2.45) is 5.41 Å². The summed E-state index contributed by atoms with van der Waals surface area (Å²) in [5.41, 5.74) is -0.716. The zero-order valence-electron chi connectivity index (χ0n) is 12.6. The van der Waals surface area contributed by atoms with Crippen molar-refractivity contribution in [3.05, 3.63) is 0 Å². The summed E-state index contributed by atoms with van der Waals surface area (Å²) < 4.78 is 63.1. The van der Waals surface area contributed by atoms with Crippen LogP contribution >= 0.6 is 23.9 Å². The summed E-state index contributed by atoms with van der Waals surface area (Å²) in [6.07, 6.45) is -0.850. The molecule has 1 heterocycles. The standard InChI is InChI=1S/C9H19O11P3/c1-6-4-9(5-10)7(17-6)8(9)18-23(14,16-3)20-21(11)19-22(12,13)15-2/h6-8,10,21H,4-5H2,1-3H3,(H,12,13)/t6-,7+,8?,9-,23?/m0/s1. The summed E-state index contributed by atoms with van der Waals surface area (Å²) in [5, 5.41) is 9.49. The van der Waals surface area contributed by atoms with E-state index in [0.717, 1.165) is 14.2 Å². The summed E-state index contributed by atoms with van der Waals surface area (Å²) in [6, 6.07) is 0. The van der Waals surface area contributed by atoms with Crippen LogP contribution in [-0.4, -0.2) is 49.1 Å². The average molecular weight is 396 g/mol. The van der Waals surface area contributed by atoms with Gasteiger partial charge in [-0.05, 0) is 13.3 Å². The SMILES string of the molecule is COP(=O)(O)O[PH](=O)OP(=O)(OC)OC1[C@H]2O[C@@H](C)C[C@@]12CO. The van der Waals surface area contributed by atoms with Gasteiger partial charge >= 0.3 is 23.9 Å². The molecule has 1 aliphatic carbocycles. The Hall–Kier alpha value is 0.370. The summed E-state index contributed by atoms with van der Waals surface area (Å²) in [4.78, 5) is 9.03. The average Bonchev–Trinajstić information content (AvgIpc) is 2.87. The molecule has 0 aromatic heterocycles. The topological polar surface area (TPSA) is 147 Å². The molecular weight excluding hydrogens is 377 g/mol. The zero-order chi connectivity index (χ0) is 17.5. The van der Waals surface area contributed by atoms with Crippen molar-refractivity contribution in [1.82, 2.24) is 0 Å². The summed E-state index contributed by atoms with van der Waals surface area (Å²) >= 11 is 0. The van der Waals surface area contributed by atoms with Crippen LogP contribution in [0, 0.1) is 5.41 Å². The Labute approximate surface area is 133 Å². The molecule has 136 valence electrons. The Morgan fingerprint density at radius 2 is 1.96 bits per heavy atom. The van der Waals surface area contributed by atoms with Crippen LogP contribution < -0.4 is 0 Å². The second-order valence-corrected chi connectivity index (χ2v) is 9.94. The van der Waals surface area contributed by atoms with E-state index in [1.807, 2.05) is 6.92 Å². The molecule has 2 aliphatic rings. The fraction of sp³-hybridized carbons (Fsp3) is 1.00. The molecule has 23 heavy (non-hydrogen) atoms. The molecule has 2 N–H and O–H groups in total. The molecule has 11 nitrogen and oxygen atoms in total. The first-order chi connectivity index (χ1) is 10.6. The number of ether oxygens (including phenoxy) is 1. The smallest absolute Gasteiger partial charge is 0.396 e. The molecule has 1 aliphatic heterocycles. The molecule has 4 unspecified atom stereocenters. The third kappa shape index (κ3) is 4.14. The largest absolute Gasteiger partial charge is 0.482 e. The van der Waals surface area contributed by atoms with Crippen LogP contribution in [0.5, 0.6) is 0 Å². The first kappa shape index (κ1) is 19.7. The molecular formula is C9H19O11P3. The Kier molecular flexibility index (Phi) is 5.94. The second-order valence-electron chi connectivity index (χ2n) is 5.20. The van der Waals surface area contributed by atoms with Crippen LogP contribution in [0.25, 0.3) is 0 Å². The van der Waals surface area contributed by atoms with Gasteiger partial charge in [-0.3, -0.25) is 18.1 Å². The monoisotopic (exact) mass is 396 g/mol. The van der Waals surface area contributed by atoms with Crippen LogP contribution in [0.2, 0.25) is 0 Å². The third-order valence-electron chi connectivity index (χ3n) is 3.71. The Morgan fingerprint density at radius 3 is 2.43 bits per heavy atom. The van der Waals surface area contributed by atoms with Crippen LogP contribution in [0.4, 0.5) is 0 Å². The van der Waals surface area contributed by atoms with E-state index in [0.29, 0.717) is 6.42 Å². The number of hydrogen-bond acceptors (Lipinski definition) is 10. The highest BCUT2D eigenvalue weighted by atomic mass is 31.3. The summed E-state index contributed by atoms with van der Waals surface area (Å²) in [7, 11) is -10.8. The number of hydrogen-bond donors (Lipinski definition) is 2. The highest BCUT2D eigenvalue weighted by molar-refractivity contribution is 7.61. The number of aliphatic hydroxyl groups excluding tert-OH is 1. The van der Waals surface area contributed by atoms with Crippen molar-refractivity contribution in [2.75, 3.05) is 20.8 Å². The first-order valence-corrected chi connectivity index (χ1v) is 10.7. The predicted octanol–water partition coefficient (Wildman–Crippen LogP) is 1.47. The maximum absolute atomic E-state index is 12.3. The van der Waals surface area contributed by atoms with Gasteiger partial charge in [-0.2, -0.15) is 0 Å². The van der Waals surface area contributed by atoms with Gasteiger partial charge in [0.25, 0.3) is 0 Å². The van der Waals surface area contributed by atoms with E-state index >= 15 is 0 Å². The van der Waals surface area contributed by atoms with Gasteiger partial charge in [-0.1, -0.05) is 0 Å². The Bertz CT molecular complexity index is 567. The van der Waals surface area contributed by atoms with E-state index in [2.05, 4.69) is 17.7 Å². The van der Waals surface area contributed by atoms with Gasteiger partial charge in [0.15, 0.2) is 0 Å². The fourth-order valence-corrected chi connectivity index (χ4v) is 5.94. The van der Waals surface area contributed by atoms with Gasteiger partial charge in [0.05, 0.1) is 24.2 Å². The van der Waals surface area contributed by atoms with Crippen LogP contribution in [0.1, 0.15) is 13.3 Å². The van der Waals surface area contributed by atoms with E-state index in [1.54, 1.807) is 0 Å². The molecule has 14 heteroatoms. The predicted molar refractivity (Wildman–Crippen MR) is 76.0 cm³/mol. The van der Waals surface area contributed by atoms with Gasteiger partial charge in [-0.15, -0.1) is 0 Å². The maximum atomic E-state index is 12.3. The molecule has 0 bridgehead atoms. The Balaban J connectivity index is 1.99. The molecule has 1 saturated heterocycles. The van der Waals surface area contributed by atoms with Crippen molar-refractivity contribution in [3.63, 3.8) is 0 Å². The fourth-order valence-electron chi connectivity index (χ4n) is 2.57. The molecule has 0 amide bonds. The lowest BCUT2D eigenvalue weighted by Gasteiger charge is -2.19.